The maximum absolute atomic E-state index is 12.9. The van der Waals surface area contributed by atoms with Crippen LogP contribution in [0, 0.1) is 0 Å². The van der Waals surface area contributed by atoms with Crippen LogP contribution < -0.4 is 5.73 Å². The number of hydrogen-bond acceptors (Lipinski definition) is 5. The summed E-state index contributed by atoms with van der Waals surface area (Å²) < 4.78 is 1.67. The van der Waals surface area contributed by atoms with Crippen molar-refractivity contribution in [3.05, 3.63) is 53.4 Å². The molecule has 1 aliphatic rings. The lowest BCUT2D eigenvalue weighted by atomic mass is 10.1. The van der Waals surface area contributed by atoms with E-state index in [1.54, 1.807) is 23.0 Å². The molecule has 0 spiro atoms. The van der Waals surface area contributed by atoms with Crippen molar-refractivity contribution >= 4 is 23.2 Å². The van der Waals surface area contributed by atoms with Crippen LogP contribution in [0.2, 0.25) is 5.02 Å². The Morgan fingerprint density at radius 3 is 2.74 bits per heavy atom. The third kappa shape index (κ3) is 3.66. The Morgan fingerprint density at radius 2 is 2.00 bits per heavy atom. The molecule has 2 N–H and O–H groups in total. The summed E-state index contributed by atoms with van der Waals surface area (Å²) in [6, 6.07) is 9.25. The summed E-state index contributed by atoms with van der Waals surface area (Å²) >= 11 is 6.11. The van der Waals surface area contributed by atoms with Gasteiger partial charge in [-0.25, -0.2) is 9.50 Å². The molecule has 0 unspecified atom stereocenters. The van der Waals surface area contributed by atoms with Crippen LogP contribution in [0.3, 0.4) is 0 Å². The summed E-state index contributed by atoms with van der Waals surface area (Å²) in [4.78, 5) is 21.6. The minimum absolute atomic E-state index is 0.0526. The zero-order chi connectivity index (χ0) is 18.8. The number of rotatable bonds is 4. The fraction of sp³-hybridized carbons (Fsp3) is 0.316. The SMILES string of the molecule is NCCN1CCN(C(=O)c2ccn3ncc(-c4cccc(Cl)c4)c3n2)CC1. The van der Waals surface area contributed by atoms with Crippen LogP contribution in [0.4, 0.5) is 0 Å². The first-order valence-corrected chi connectivity index (χ1v) is 9.35. The minimum atomic E-state index is -0.0526. The molecule has 0 aliphatic carbocycles. The van der Waals surface area contributed by atoms with Gasteiger partial charge in [-0.1, -0.05) is 23.7 Å². The van der Waals surface area contributed by atoms with Crippen LogP contribution in [0.5, 0.6) is 0 Å². The predicted octanol–water partition coefficient (Wildman–Crippen LogP) is 1.77. The van der Waals surface area contributed by atoms with Crippen molar-refractivity contribution in [3.8, 4) is 11.1 Å². The van der Waals surface area contributed by atoms with E-state index in [9.17, 15) is 4.79 Å². The number of benzene rings is 1. The summed E-state index contributed by atoms with van der Waals surface area (Å²) in [5.41, 5.74) is 8.45. The highest BCUT2D eigenvalue weighted by molar-refractivity contribution is 6.30. The highest BCUT2D eigenvalue weighted by Crippen LogP contribution is 2.26. The van der Waals surface area contributed by atoms with Crippen LogP contribution in [-0.2, 0) is 0 Å². The molecule has 7 nitrogen and oxygen atoms in total. The number of amides is 1. The molecule has 0 radical (unpaired) electrons. The molecule has 3 aromatic rings. The molecule has 1 saturated heterocycles. The van der Waals surface area contributed by atoms with E-state index >= 15 is 0 Å². The van der Waals surface area contributed by atoms with Crippen molar-refractivity contribution in [2.45, 2.75) is 0 Å². The van der Waals surface area contributed by atoms with Crippen molar-refractivity contribution in [1.29, 1.82) is 0 Å². The smallest absolute Gasteiger partial charge is 0.272 e. The lowest BCUT2D eigenvalue weighted by Crippen LogP contribution is -2.49. The van der Waals surface area contributed by atoms with Crippen molar-refractivity contribution in [1.82, 2.24) is 24.4 Å². The number of carbonyl (C=O) groups is 1. The molecular weight excluding hydrogens is 364 g/mol. The van der Waals surface area contributed by atoms with E-state index in [1.165, 1.54) is 0 Å². The van der Waals surface area contributed by atoms with Crippen LogP contribution in [-0.4, -0.2) is 69.6 Å². The third-order valence-corrected chi connectivity index (χ3v) is 5.06. The first-order chi connectivity index (χ1) is 13.2. The van der Waals surface area contributed by atoms with E-state index in [2.05, 4.69) is 15.0 Å². The number of carbonyl (C=O) groups excluding carboxylic acids is 1. The fourth-order valence-corrected chi connectivity index (χ4v) is 3.56. The minimum Gasteiger partial charge on any atom is -0.335 e. The molecule has 27 heavy (non-hydrogen) atoms. The first kappa shape index (κ1) is 17.9. The zero-order valence-corrected chi connectivity index (χ0v) is 15.6. The van der Waals surface area contributed by atoms with Gasteiger partial charge in [0.15, 0.2) is 5.65 Å². The number of hydrogen-bond donors (Lipinski definition) is 1. The lowest BCUT2D eigenvalue weighted by Gasteiger charge is -2.34. The van der Waals surface area contributed by atoms with Gasteiger partial charge in [-0.3, -0.25) is 9.69 Å². The maximum Gasteiger partial charge on any atom is 0.272 e. The number of nitrogens with zero attached hydrogens (tertiary/aromatic N) is 5. The van der Waals surface area contributed by atoms with Gasteiger partial charge in [0.2, 0.25) is 0 Å². The number of fused-ring (bicyclic) bond motifs is 1. The van der Waals surface area contributed by atoms with E-state index in [4.69, 9.17) is 17.3 Å². The quantitative estimate of drug-likeness (QED) is 0.741. The average molecular weight is 385 g/mol. The van der Waals surface area contributed by atoms with Crippen LogP contribution >= 0.6 is 11.6 Å². The zero-order valence-electron chi connectivity index (χ0n) is 14.9. The molecule has 1 aromatic carbocycles. The molecule has 8 heteroatoms. The van der Waals surface area contributed by atoms with E-state index in [-0.39, 0.29) is 5.91 Å². The summed E-state index contributed by atoms with van der Waals surface area (Å²) in [6.07, 6.45) is 3.52. The van der Waals surface area contributed by atoms with Gasteiger partial charge in [0.25, 0.3) is 5.91 Å². The van der Waals surface area contributed by atoms with Crippen LogP contribution in [0.1, 0.15) is 10.5 Å². The van der Waals surface area contributed by atoms with Gasteiger partial charge < -0.3 is 10.6 Å². The normalized spacial score (nSPS) is 15.4. The predicted molar refractivity (Wildman–Crippen MR) is 105 cm³/mol. The van der Waals surface area contributed by atoms with Gasteiger partial charge >= 0.3 is 0 Å². The van der Waals surface area contributed by atoms with Gasteiger partial charge in [-0.2, -0.15) is 5.10 Å². The van der Waals surface area contributed by atoms with Gasteiger partial charge in [0.05, 0.1) is 6.20 Å². The Hall–Kier alpha value is -2.48. The topological polar surface area (TPSA) is 79.8 Å². The van der Waals surface area contributed by atoms with Gasteiger partial charge in [0.1, 0.15) is 5.69 Å². The highest BCUT2D eigenvalue weighted by atomic mass is 35.5. The summed E-state index contributed by atoms with van der Waals surface area (Å²) in [7, 11) is 0. The third-order valence-electron chi connectivity index (χ3n) is 4.83. The number of aromatic nitrogens is 3. The second-order valence-corrected chi connectivity index (χ2v) is 7.01. The van der Waals surface area contributed by atoms with Crippen molar-refractivity contribution in [2.24, 2.45) is 5.73 Å². The monoisotopic (exact) mass is 384 g/mol. The molecule has 140 valence electrons. The van der Waals surface area contributed by atoms with E-state index in [0.29, 0.717) is 36.0 Å². The molecule has 1 fully saturated rings. The van der Waals surface area contributed by atoms with E-state index in [1.807, 2.05) is 29.2 Å². The fourth-order valence-electron chi connectivity index (χ4n) is 3.37. The Morgan fingerprint density at radius 1 is 1.19 bits per heavy atom. The second-order valence-electron chi connectivity index (χ2n) is 6.57. The number of piperazine rings is 1. The number of nitrogens with two attached hydrogens (primary N) is 1. The van der Waals surface area contributed by atoms with E-state index in [0.717, 1.165) is 30.8 Å². The summed E-state index contributed by atoms with van der Waals surface area (Å²) in [5.74, 6) is -0.0526. The van der Waals surface area contributed by atoms with Crippen molar-refractivity contribution in [2.75, 3.05) is 39.3 Å². The van der Waals surface area contributed by atoms with E-state index < -0.39 is 0 Å². The molecule has 0 bridgehead atoms. The molecule has 0 saturated carbocycles. The number of halogens is 1. The van der Waals surface area contributed by atoms with Gasteiger partial charge in [0, 0.05) is 56.1 Å². The Kier molecular flexibility index (Phi) is 5.07. The molecule has 0 atom stereocenters. The molecular formula is C19H21ClN6O. The average Bonchev–Trinajstić information content (AvgIpc) is 3.11. The Bertz CT molecular complexity index is 964. The molecule has 2 aromatic heterocycles. The molecule has 3 heterocycles. The highest BCUT2D eigenvalue weighted by Gasteiger charge is 2.23. The first-order valence-electron chi connectivity index (χ1n) is 8.98. The summed E-state index contributed by atoms with van der Waals surface area (Å²) in [5, 5.41) is 4.98. The molecule has 1 aliphatic heterocycles. The van der Waals surface area contributed by atoms with Gasteiger partial charge in [-0.15, -0.1) is 0 Å². The van der Waals surface area contributed by atoms with Crippen LogP contribution in [0.15, 0.2) is 42.7 Å². The van der Waals surface area contributed by atoms with Crippen molar-refractivity contribution < 1.29 is 4.79 Å². The van der Waals surface area contributed by atoms with Gasteiger partial charge in [-0.05, 0) is 23.8 Å². The molecule has 1 amide bonds. The van der Waals surface area contributed by atoms with Crippen molar-refractivity contribution in [3.63, 3.8) is 0 Å². The standard InChI is InChI=1S/C19H21ClN6O/c20-15-3-1-2-14(12-15)16-13-22-26-6-4-17(23-18(16)26)19(27)25-10-8-24(7-5-21)9-11-25/h1-4,6,12-13H,5,7-11,21H2. The molecule has 4 rings (SSSR count). The maximum atomic E-state index is 12.9. The largest absolute Gasteiger partial charge is 0.335 e. The van der Waals surface area contributed by atoms with Crippen LogP contribution in [0.25, 0.3) is 16.8 Å². The second kappa shape index (κ2) is 7.64. The Labute approximate surface area is 162 Å². The summed E-state index contributed by atoms with van der Waals surface area (Å²) in [6.45, 7) is 4.56. The Balaban J connectivity index is 1.60. The lowest BCUT2D eigenvalue weighted by molar-refractivity contribution is 0.0635.